The summed E-state index contributed by atoms with van der Waals surface area (Å²) in [4.78, 5) is 1.75. The summed E-state index contributed by atoms with van der Waals surface area (Å²) >= 11 is 0. The van der Waals surface area contributed by atoms with Crippen LogP contribution in [0.15, 0.2) is 0 Å². The maximum absolute atomic E-state index is 9.01. The molecule has 0 saturated heterocycles. The summed E-state index contributed by atoms with van der Waals surface area (Å²) in [6, 6.07) is 0. The van der Waals surface area contributed by atoms with Crippen molar-refractivity contribution in [3.8, 4) is 0 Å². The third-order valence-electron chi connectivity index (χ3n) is 0. The maximum atomic E-state index is 9.01. The number of nitrogens with one attached hydrogen (secondary N) is 1. The average molecular weight is 137 g/mol. The Bertz CT molecular complexity index is 140. The molecule has 0 amide bonds. The van der Waals surface area contributed by atoms with Gasteiger partial charge in [-0.15, -0.1) is 5.53 Å². The molecule has 0 aliphatic carbocycles. The number of hydrogen-bond acceptors (Lipinski definition) is 3. The zero-order chi connectivity index (χ0) is 6.28. The van der Waals surface area contributed by atoms with E-state index >= 15 is 0 Å². The topological polar surface area (TPSA) is 94.4 Å². The molecular formula is H3N3O2SSi. The van der Waals surface area contributed by atoms with Gasteiger partial charge in [0, 0.05) is 0 Å². The highest BCUT2D eigenvalue weighted by Gasteiger charge is 1.28. The van der Waals surface area contributed by atoms with E-state index in [2.05, 4.69) is 0 Å². The van der Waals surface area contributed by atoms with Crippen molar-refractivity contribution in [2.45, 2.75) is 0 Å². The molecule has 40 valence electrons. The van der Waals surface area contributed by atoms with Crippen molar-refractivity contribution in [2.75, 3.05) is 0 Å². The normalized spacial score (nSPS) is 4.57. The molecule has 0 unspecified atom stereocenters. The summed E-state index contributed by atoms with van der Waals surface area (Å²) in [5.74, 6) is 0. The molecule has 0 saturated carbocycles. The third-order valence-corrected chi connectivity index (χ3v) is 0. The molecule has 1 N–H and O–H groups in total. The lowest BCUT2D eigenvalue weighted by Gasteiger charge is -1.20. The summed E-state index contributed by atoms with van der Waals surface area (Å²) in [6.45, 7) is 0. The fraction of sp³-hybridized carbons (Fsp3) is 0. The van der Waals surface area contributed by atoms with E-state index in [1.54, 1.807) is 4.91 Å². The van der Waals surface area contributed by atoms with Gasteiger partial charge < -0.3 is 0 Å². The van der Waals surface area contributed by atoms with E-state index in [0.29, 0.717) is 0 Å². The first-order valence-corrected chi connectivity index (χ1v) is 4.02. The molecule has 0 aliphatic rings. The lowest BCUT2D eigenvalue weighted by Crippen LogP contribution is -1.41. The van der Waals surface area contributed by atoms with Crippen molar-refractivity contribution in [3.63, 3.8) is 0 Å². The molecule has 5 nitrogen and oxygen atoms in total. The first-order valence-electron chi connectivity index (χ1n) is 1.05. The standard InChI is InChI=1S/HN3.H2O2SSi/c1-3-2;1-3(2)4/h1H;4H2. The SMILES string of the molecule is O=S(=O)=[SiH2].[N-]=[N+]=N. The largest absolute Gasteiger partial charge is 0.195 e. The van der Waals surface area contributed by atoms with Crippen LogP contribution in [0.2, 0.25) is 0 Å². The van der Waals surface area contributed by atoms with Crippen molar-refractivity contribution < 1.29 is 8.42 Å². The van der Waals surface area contributed by atoms with E-state index in [9.17, 15) is 0 Å². The van der Waals surface area contributed by atoms with Crippen LogP contribution < -0.4 is 0 Å². The van der Waals surface area contributed by atoms with Crippen molar-refractivity contribution in [3.05, 3.63) is 10.4 Å². The summed E-state index contributed by atoms with van der Waals surface area (Å²) < 4.78 is 18.0. The quantitative estimate of drug-likeness (QED) is 0.206. The van der Waals surface area contributed by atoms with Crippen molar-refractivity contribution in [1.82, 2.24) is 0 Å². The van der Waals surface area contributed by atoms with Crippen LogP contribution in [0, 0.1) is 5.53 Å². The second kappa shape index (κ2) is 9.02. The summed E-state index contributed by atoms with van der Waals surface area (Å²) in [5.41, 5.74) is 12.2. The minimum absolute atomic E-state index is 0.920. The number of nitrogens with zero attached hydrogens (tertiary/aromatic N) is 2. The molecule has 0 atom stereocenters. The molecule has 7 heavy (non-hydrogen) atoms. The smallest absolute Gasteiger partial charge is 0.157 e. The second-order valence-corrected chi connectivity index (χ2v) is 2.43. The Morgan fingerprint density at radius 2 is 1.71 bits per heavy atom. The van der Waals surface area contributed by atoms with Gasteiger partial charge in [-0.2, -0.15) is 8.42 Å². The molecule has 0 fully saturated rings. The Morgan fingerprint density at radius 3 is 1.71 bits per heavy atom. The van der Waals surface area contributed by atoms with E-state index in [1.807, 2.05) is 0 Å². The van der Waals surface area contributed by atoms with Crippen molar-refractivity contribution >= 4 is 18.7 Å². The van der Waals surface area contributed by atoms with Crippen LogP contribution >= 0.6 is 0 Å². The van der Waals surface area contributed by atoms with E-state index < -0.39 is 9.70 Å². The number of rotatable bonds is 0. The van der Waals surface area contributed by atoms with Crippen LogP contribution in [0.3, 0.4) is 0 Å². The van der Waals surface area contributed by atoms with E-state index in [4.69, 9.17) is 19.5 Å². The fourth-order valence-corrected chi connectivity index (χ4v) is 0. The molecular weight excluding hydrogens is 134 g/mol. The van der Waals surface area contributed by atoms with Gasteiger partial charge in [-0.1, -0.05) is 0 Å². The van der Waals surface area contributed by atoms with Crippen LogP contribution in [0.1, 0.15) is 0 Å². The number of hydrogen-bond donors (Lipinski definition) is 1. The molecule has 0 bridgehead atoms. The van der Waals surface area contributed by atoms with Gasteiger partial charge in [0.05, 0.1) is 0 Å². The highest BCUT2D eigenvalue weighted by molar-refractivity contribution is 7.76. The molecule has 7 heteroatoms. The van der Waals surface area contributed by atoms with Gasteiger partial charge in [0.1, 0.15) is 8.95 Å². The van der Waals surface area contributed by atoms with Gasteiger partial charge in [-0.25, -0.2) is 0 Å². The van der Waals surface area contributed by atoms with E-state index in [-0.39, 0.29) is 0 Å². The van der Waals surface area contributed by atoms with Crippen LogP contribution in [-0.4, -0.2) is 17.4 Å². The van der Waals surface area contributed by atoms with Gasteiger partial charge >= 0.3 is 0 Å². The van der Waals surface area contributed by atoms with Gasteiger partial charge in [0.25, 0.3) is 0 Å². The van der Waals surface area contributed by atoms with Crippen LogP contribution in [0.25, 0.3) is 10.4 Å². The summed E-state index contributed by atoms with van der Waals surface area (Å²) in [7, 11) is -0.914. The van der Waals surface area contributed by atoms with Gasteiger partial charge in [-0.3, -0.25) is 0 Å². The molecule has 0 aromatic carbocycles. The first kappa shape index (κ1) is 9.60. The Labute approximate surface area is 43.9 Å². The van der Waals surface area contributed by atoms with Crippen LogP contribution in [0.5, 0.6) is 0 Å². The van der Waals surface area contributed by atoms with Crippen LogP contribution in [0.4, 0.5) is 0 Å². The lowest BCUT2D eigenvalue weighted by atomic mass is 13.0. The Kier molecular flexibility index (Phi) is 12.4. The predicted molar refractivity (Wildman–Crippen MR) is 26.9 cm³/mol. The first-order chi connectivity index (χ1) is 3.15. The van der Waals surface area contributed by atoms with Gasteiger partial charge in [0.2, 0.25) is 0 Å². The summed E-state index contributed by atoms with van der Waals surface area (Å²) in [5, 5.41) is 0. The minimum atomic E-state index is -1.83. The summed E-state index contributed by atoms with van der Waals surface area (Å²) in [6.07, 6.45) is 0. The van der Waals surface area contributed by atoms with E-state index in [1.165, 1.54) is 0 Å². The minimum Gasteiger partial charge on any atom is -0.195 e. The third kappa shape index (κ3) is 140. The highest BCUT2D eigenvalue weighted by atomic mass is 32.2. The molecule has 0 heterocycles. The molecule has 0 aromatic rings. The molecule has 0 radical (unpaired) electrons. The molecule has 0 aromatic heterocycles. The maximum Gasteiger partial charge on any atom is 0.157 e. The average Bonchev–Trinajstić information content (AvgIpc) is 1.33. The fourth-order valence-electron chi connectivity index (χ4n) is 0. The molecule has 0 rings (SSSR count). The lowest BCUT2D eigenvalue weighted by molar-refractivity contribution is 0.628. The zero-order valence-corrected chi connectivity index (χ0v) is 5.56. The van der Waals surface area contributed by atoms with E-state index in [0.717, 1.165) is 8.95 Å². The second-order valence-electron chi connectivity index (χ2n) is 0.404. The molecule has 0 aliphatic heterocycles. The Morgan fingerprint density at radius 1 is 1.71 bits per heavy atom. The monoisotopic (exact) mass is 137 g/mol. The van der Waals surface area contributed by atoms with Crippen molar-refractivity contribution in [1.29, 1.82) is 5.53 Å². The Hall–Kier alpha value is -0.653. The van der Waals surface area contributed by atoms with Gasteiger partial charge in [-0.05, 0) is 10.4 Å². The zero-order valence-electron chi connectivity index (χ0n) is 3.33. The van der Waals surface area contributed by atoms with Gasteiger partial charge in [0.15, 0.2) is 9.70 Å². The van der Waals surface area contributed by atoms with Crippen molar-refractivity contribution in [2.24, 2.45) is 0 Å². The molecule has 0 spiro atoms. The van der Waals surface area contributed by atoms with Crippen LogP contribution in [-0.2, 0) is 9.70 Å². The Balaban J connectivity index is 0. The predicted octanol–water partition coefficient (Wildman–Crippen LogP) is -0.711. The highest BCUT2D eigenvalue weighted by Crippen LogP contribution is 1.24.